The molecule has 0 saturated carbocycles. The van der Waals surface area contributed by atoms with E-state index < -0.39 is 0 Å². The highest BCUT2D eigenvalue weighted by Gasteiger charge is 2.23. The largest absolute Gasteiger partial charge is 0.333 e. The third-order valence-corrected chi connectivity index (χ3v) is 5.40. The number of carbonyl (C=O) groups excluding carboxylic acids is 1. The van der Waals surface area contributed by atoms with Gasteiger partial charge in [0, 0.05) is 11.9 Å². The number of nitrogens with one attached hydrogen (secondary N) is 1. The Kier molecular flexibility index (Phi) is 4.05. The Labute approximate surface area is 128 Å². The summed E-state index contributed by atoms with van der Waals surface area (Å²) in [5, 5.41) is 6.59. The number of carbonyl (C=O) groups is 1. The van der Waals surface area contributed by atoms with Crippen LogP contribution in [0.3, 0.4) is 0 Å². The predicted octanol–water partition coefficient (Wildman–Crippen LogP) is 2.65. The zero-order valence-electron chi connectivity index (χ0n) is 12.4. The minimum atomic E-state index is 0.0684. The molecule has 1 N–H and O–H groups in total. The van der Waals surface area contributed by atoms with Gasteiger partial charge < -0.3 is 4.90 Å². The van der Waals surface area contributed by atoms with E-state index in [1.165, 1.54) is 29.6 Å². The molecule has 21 heavy (non-hydrogen) atoms. The Hall–Kier alpha value is -1.69. The van der Waals surface area contributed by atoms with Crippen LogP contribution >= 0.6 is 11.3 Å². The van der Waals surface area contributed by atoms with Gasteiger partial charge in [0.25, 0.3) is 5.91 Å². The molecule has 0 fully saturated rings. The van der Waals surface area contributed by atoms with Crippen LogP contribution in [0.1, 0.15) is 45.7 Å². The van der Waals surface area contributed by atoms with Crippen LogP contribution < -0.4 is 0 Å². The number of aromatic nitrogens is 3. The highest BCUT2D eigenvalue weighted by atomic mass is 32.1. The fourth-order valence-electron chi connectivity index (χ4n) is 2.84. The average Bonchev–Trinajstić information content (AvgIpc) is 3.14. The van der Waals surface area contributed by atoms with Gasteiger partial charge in [-0.15, -0.1) is 11.3 Å². The van der Waals surface area contributed by atoms with Gasteiger partial charge in [-0.05, 0) is 36.8 Å². The van der Waals surface area contributed by atoms with Crippen molar-refractivity contribution in [3.05, 3.63) is 33.5 Å². The summed E-state index contributed by atoms with van der Waals surface area (Å²) in [5.74, 6) is 1.55. The summed E-state index contributed by atoms with van der Waals surface area (Å²) >= 11 is 1.66. The van der Waals surface area contributed by atoms with E-state index in [1.54, 1.807) is 23.3 Å². The second-order valence-electron chi connectivity index (χ2n) is 5.67. The first-order valence-corrected chi connectivity index (χ1v) is 8.20. The van der Waals surface area contributed by atoms with Crippen molar-refractivity contribution in [2.24, 2.45) is 5.92 Å². The molecule has 0 saturated heterocycles. The van der Waals surface area contributed by atoms with Gasteiger partial charge >= 0.3 is 0 Å². The lowest BCUT2D eigenvalue weighted by molar-refractivity contribution is 0.0786. The lowest BCUT2D eigenvalue weighted by Gasteiger charge is -2.19. The van der Waals surface area contributed by atoms with Gasteiger partial charge in [-0.2, -0.15) is 5.10 Å². The lowest BCUT2D eigenvalue weighted by Crippen LogP contribution is -2.26. The number of aromatic amines is 1. The van der Waals surface area contributed by atoms with Crippen LogP contribution in [-0.4, -0.2) is 33.0 Å². The van der Waals surface area contributed by atoms with Crippen molar-refractivity contribution < 1.29 is 4.79 Å². The van der Waals surface area contributed by atoms with Crippen LogP contribution in [0.4, 0.5) is 0 Å². The summed E-state index contributed by atoms with van der Waals surface area (Å²) < 4.78 is 0. The molecule has 112 valence electrons. The third-order valence-electron chi connectivity index (χ3n) is 4.17. The highest BCUT2D eigenvalue weighted by molar-refractivity contribution is 7.14. The number of rotatable bonds is 4. The molecule has 1 unspecified atom stereocenters. The Morgan fingerprint density at radius 2 is 2.43 bits per heavy atom. The lowest BCUT2D eigenvalue weighted by atomic mass is 9.87. The minimum absolute atomic E-state index is 0.0684. The Morgan fingerprint density at radius 1 is 1.57 bits per heavy atom. The second-order valence-corrected chi connectivity index (χ2v) is 6.81. The molecular weight excluding hydrogens is 284 g/mol. The molecule has 0 bridgehead atoms. The molecule has 0 aromatic carbocycles. The molecule has 1 atom stereocenters. The summed E-state index contributed by atoms with van der Waals surface area (Å²) in [6.07, 6.45) is 6.19. The van der Waals surface area contributed by atoms with Gasteiger partial charge in [0.2, 0.25) is 0 Å². The standard InChI is InChI=1S/C15H20N4OS/c1-3-10-4-5-12-11(6-10)7-13(21-12)15(20)19(2)8-14-16-9-17-18-14/h7,9-10H,3-6,8H2,1-2H3,(H,16,17,18). The Bertz CT molecular complexity index is 620. The number of thiophene rings is 1. The van der Waals surface area contributed by atoms with Gasteiger partial charge in [0.05, 0.1) is 11.4 Å². The van der Waals surface area contributed by atoms with E-state index in [2.05, 4.69) is 28.2 Å². The molecule has 1 aliphatic carbocycles. The normalized spacial score (nSPS) is 17.5. The maximum Gasteiger partial charge on any atom is 0.264 e. The quantitative estimate of drug-likeness (QED) is 0.944. The molecule has 1 amide bonds. The third kappa shape index (κ3) is 3.00. The number of fused-ring (bicyclic) bond motifs is 1. The first-order chi connectivity index (χ1) is 10.2. The van der Waals surface area contributed by atoms with Crippen molar-refractivity contribution in [3.8, 4) is 0 Å². The number of hydrogen-bond donors (Lipinski definition) is 1. The van der Waals surface area contributed by atoms with Crippen molar-refractivity contribution in [2.75, 3.05) is 7.05 Å². The number of aryl methyl sites for hydroxylation is 1. The van der Waals surface area contributed by atoms with Gasteiger partial charge in [0.1, 0.15) is 12.2 Å². The van der Waals surface area contributed by atoms with E-state index >= 15 is 0 Å². The summed E-state index contributed by atoms with van der Waals surface area (Å²) in [4.78, 5) is 20.5. The minimum Gasteiger partial charge on any atom is -0.333 e. The van der Waals surface area contributed by atoms with Crippen molar-refractivity contribution in [3.63, 3.8) is 0 Å². The number of hydrogen-bond acceptors (Lipinski definition) is 4. The van der Waals surface area contributed by atoms with Gasteiger partial charge in [-0.1, -0.05) is 13.3 Å². The van der Waals surface area contributed by atoms with Crippen molar-refractivity contribution in [1.82, 2.24) is 20.1 Å². The smallest absolute Gasteiger partial charge is 0.264 e. The van der Waals surface area contributed by atoms with Crippen LogP contribution in [0.25, 0.3) is 0 Å². The van der Waals surface area contributed by atoms with E-state index in [0.717, 1.165) is 23.6 Å². The molecule has 3 rings (SSSR count). The van der Waals surface area contributed by atoms with E-state index in [9.17, 15) is 4.79 Å². The van der Waals surface area contributed by atoms with E-state index in [-0.39, 0.29) is 5.91 Å². The summed E-state index contributed by atoms with van der Waals surface area (Å²) in [5.41, 5.74) is 1.38. The fourth-order valence-corrected chi connectivity index (χ4v) is 4.05. The summed E-state index contributed by atoms with van der Waals surface area (Å²) in [6, 6.07) is 2.10. The van der Waals surface area contributed by atoms with Crippen LogP contribution in [0.15, 0.2) is 12.4 Å². The van der Waals surface area contributed by atoms with Crippen LogP contribution in [-0.2, 0) is 19.4 Å². The molecule has 1 aliphatic rings. The maximum atomic E-state index is 12.5. The monoisotopic (exact) mass is 304 g/mol. The molecule has 5 nitrogen and oxygen atoms in total. The van der Waals surface area contributed by atoms with Crippen molar-refractivity contribution in [1.29, 1.82) is 0 Å². The van der Waals surface area contributed by atoms with E-state index in [0.29, 0.717) is 12.4 Å². The number of H-pyrrole nitrogens is 1. The van der Waals surface area contributed by atoms with Gasteiger partial charge in [-0.3, -0.25) is 9.89 Å². The number of amides is 1. The van der Waals surface area contributed by atoms with Crippen molar-refractivity contribution >= 4 is 17.2 Å². The topological polar surface area (TPSA) is 61.9 Å². The fraction of sp³-hybridized carbons (Fsp3) is 0.533. The Balaban J connectivity index is 1.72. The number of nitrogens with zero attached hydrogens (tertiary/aromatic N) is 3. The van der Waals surface area contributed by atoms with Crippen LogP contribution in [0.2, 0.25) is 0 Å². The first-order valence-electron chi connectivity index (χ1n) is 7.38. The average molecular weight is 304 g/mol. The molecule has 2 aromatic heterocycles. The molecular formula is C15H20N4OS. The predicted molar refractivity (Wildman–Crippen MR) is 82.3 cm³/mol. The zero-order valence-corrected chi connectivity index (χ0v) is 13.2. The molecule has 2 aromatic rings. The van der Waals surface area contributed by atoms with E-state index in [4.69, 9.17) is 0 Å². The summed E-state index contributed by atoms with van der Waals surface area (Å²) in [6.45, 7) is 2.71. The van der Waals surface area contributed by atoms with Crippen molar-refractivity contribution in [2.45, 2.75) is 39.2 Å². The SMILES string of the molecule is CCC1CCc2sc(C(=O)N(C)Cc3ncn[nH]3)cc2C1. The molecule has 0 aliphatic heterocycles. The molecule has 6 heteroatoms. The Morgan fingerprint density at radius 3 is 3.14 bits per heavy atom. The molecule has 0 spiro atoms. The molecule has 0 radical (unpaired) electrons. The summed E-state index contributed by atoms with van der Waals surface area (Å²) in [7, 11) is 1.80. The zero-order chi connectivity index (χ0) is 14.8. The maximum absolute atomic E-state index is 12.5. The second kappa shape index (κ2) is 5.97. The first kappa shape index (κ1) is 14.3. The molecule has 2 heterocycles. The van der Waals surface area contributed by atoms with E-state index in [1.807, 2.05) is 0 Å². The van der Waals surface area contributed by atoms with Crippen LogP contribution in [0, 0.1) is 5.92 Å². The van der Waals surface area contributed by atoms with Gasteiger partial charge in [-0.25, -0.2) is 4.98 Å². The highest BCUT2D eigenvalue weighted by Crippen LogP contribution is 2.34. The van der Waals surface area contributed by atoms with Crippen LogP contribution in [0.5, 0.6) is 0 Å². The van der Waals surface area contributed by atoms with Gasteiger partial charge in [0.15, 0.2) is 0 Å².